The van der Waals surface area contributed by atoms with Crippen LogP contribution in [0.25, 0.3) is 0 Å². The molecule has 0 aliphatic rings. The van der Waals surface area contributed by atoms with Gasteiger partial charge < -0.3 is 0 Å². The summed E-state index contributed by atoms with van der Waals surface area (Å²) >= 11 is 8.26. The summed E-state index contributed by atoms with van der Waals surface area (Å²) in [5, 5.41) is 0. The lowest BCUT2D eigenvalue weighted by atomic mass is 10.1. The van der Waals surface area contributed by atoms with E-state index in [1.54, 1.807) is 0 Å². The average molecular weight is 150 g/mol. The van der Waals surface area contributed by atoms with Crippen LogP contribution in [0.1, 0.15) is 19.8 Å². The van der Waals surface area contributed by atoms with E-state index in [9.17, 15) is 0 Å². The van der Waals surface area contributed by atoms with Crippen molar-refractivity contribution in [2.45, 2.75) is 19.8 Å². The lowest BCUT2D eigenvalue weighted by Crippen LogP contribution is -1.95. The van der Waals surface area contributed by atoms with Crippen LogP contribution in [0.5, 0.6) is 0 Å². The van der Waals surface area contributed by atoms with Crippen LogP contribution in [-0.4, -0.2) is 11.5 Å². The van der Waals surface area contributed by atoms with Crippen molar-refractivity contribution in [1.82, 2.24) is 0 Å². The van der Waals surface area contributed by atoms with Crippen molar-refractivity contribution in [2.75, 3.05) is 11.5 Å². The minimum absolute atomic E-state index is 0.810. The van der Waals surface area contributed by atoms with E-state index < -0.39 is 0 Å². The molecule has 0 heterocycles. The first-order chi connectivity index (χ1) is 3.81. The molecule has 0 aliphatic heterocycles. The summed E-state index contributed by atoms with van der Waals surface area (Å²) in [5.74, 6) is 2.83. The van der Waals surface area contributed by atoms with Gasteiger partial charge in [-0.25, -0.2) is 0 Å². The summed E-state index contributed by atoms with van der Waals surface area (Å²) in [7, 11) is 0. The van der Waals surface area contributed by atoms with Crippen molar-refractivity contribution < 1.29 is 0 Å². The van der Waals surface area contributed by atoms with Crippen molar-refractivity contribution in [3.05, 3.63) is 0 Å². The van der Waals surface area contributed by atoms with Gasteiger partial charge >= 0.3 is 0 Å². The summed E-state index contributed by atoms with van der Waals surface area (Å²) in [6.07, 6.45) is 2.45. The van der Waals surface area contributed by atoms with Gasteiger partial charge in [-0.3, -0.25) is 0 Å². The highest BCUT2D eigenvalue weighted by Gasteiger charge is 1.96. The Labute approximate surface area is 62.9 Å². The molecule has 0 saturated heterocycles. The highest BCUT2D eigenvalue weighted by atomic mass is 32.1. The summed E-state index contributed by atoms with van der Waals surface area (Å²) in [6, 6.07) is 0. The van der Waals surface area contributed by atoms with Gasteiger partial charge in [-0.1, -0.05) is 6.92 Å². The molecule has 0 N–H and O–H groups in total. The molecule has 0 aliphatic carbocycles. The second-order valence-electron chi connectivity index (χ2n) is 2.13. The second-order valence-corrected chi connectivity index (χ2v) is 3.02. The third-order valence-corrected chi connectivity index (χ3v) is 1.76. The first-order valence-electron chi connectivity index (χ1n) is 3.03. The molecule has 0 aromatic rings. The Balaban J connectivity index is 2.92. The van der Waals surface area contributed by atoms with Crippen molar-refractivity contribution >= 4 is 25.3 Å². The number of hydrogen-bond donors (Lipinski definition) is 2. The second kappa shape index (κ2) is 5.83. The third kappa shape index (κ3) is 4.85. The molecular weight excluding hydrogens is 136 g/mol. The van der Waals surface area contributed by atoms with Crippen molar-refractivity contribution in [3.63, 3.8) is 0 Å². The molecule has 50 valence electrons. The first kappa shape index (κ1) is 8.70. The summed E-state index contributed by atoms with van der Waals surface area (Å²) in [5.41, 5.74) is 0. The zero-order valence-electron chi connectivity index (χ0n) is 5.30. The maximum Gasteiger partial charge on any atom is -0.00954 e. The standard InChI is InChI=1S/C6H14S2/c1-6(2-4-7)3-5-8/h6-8H,2-5H2,1H3. The van der Waals surface area contributed by atoms with Crippen LogP contribution in [0, 0.1) is 5.92 Å². The van der Waals surface area contributed by atoms with E-state index in [4.69, 9.17) is 0 Å². The SMILES string of the molecule is CC(CCS)CCS. The molecule has 0 rings (SSSR count). The molecule has 0 aromatic heterocycles. The minimum Gasteiger partial charge on any atom is -0.179 e. The Hall–Kier alpha value is 0.700. The Kier molecular flexibility index (Phi) is 6.34. The van der Waals surface area contributed by atoms with Crippen molar-refractivity contribution in [2.24, 2.45) is 5.92 Å². The molecule has 0 atom stereocenters. The summed E-state index contributed by atoms with van der Waals surface area (Å²) in [6.45, 7) is 2.24. The van der Waals surface area contributed by atoms with Gasteiger partial charge in [0.25, 0.3) is 0 Å². The largest absolute Gasteiger partial charge is 0.179 e. The Morgan fingerprint density at radius 3 is 1.75 bits per heavy atom. The molecule has 0 fully saturated rings. The van der Waals surface area contributed by atoms with E-state index in [1.165, 1.54) is 12.8 Å². The first-order valence-corrected chi connectivity index (χ1v) is 4.29. The molecule has 0 unspecified atom stereocenters. The molecular formula is C6H14S2. The zero-order valence-corrected chi connectivity index (χ0v) is 7.09. The van der Waals surface area contributed by atoms with Crippen LogP contribution >= 0.6 is 25.3 Å². The number of rotatable bonds is 4. The lowest BCUT2D eigenvalue weighted by molar-refractivity contribution is 0.554. The Morgan fingerprint density at radius 1 is 1.12 bits per heavy atom. The number of thiol groups is 2. The summed E-state index contributed by atoms with van der Waals surface area (Å²) in [4.78, 5) is 0. The predicted molar refractivity (Wildman–Crippen MR) is 46.1 cm³/mol. The van der Waals surface area contributed by atoms with E-state index >= 15 is 0 Å². The van der Waals surface area contributed by atoms with Crippen LogP contribution in [0.4, 0.5) is 0 Å². The molecule has 0 saturated carbocycles. The maximum absolute atomic E-state index is 4.13. The van der Waals surface area contributed by atoms with Gasteiger partial charge in [-0.05, 0) is 30.3 Å². The van der Waals surface area contributed by atoms with E-state index in [1.807, 2.05) is 0 Å². The molecule has 0 aromatic carbocycles. The minimum atomic E-state index is 0.810. The van der Waals surface area contributed by atoms with Gasteiger partial charge in [0.1, 0.15) is 0 Å². The molecule has 0 bridgehead atoms. The topological polar surface area (TPSA) is 0 Å². The number of hydrogen-bond acceptors (Lipinski definition) is 2. The van der Waals surface area contributed by atoms with Gasteiger partial charge in [-0.15, -0.1) is 0 Å². The Bertz CT molecular complexity index is 39.8. The fourth-order valence-corrected chi connectivity index (χ4v) is 1.47. The van der Waals surface area contributed by atoms with Gasteiger partial charge in [0.15, 0.2) is 0 Å². The normalized spacial score (nSPS) is 10.5. The van der Waals surface area contributed by atoms with E-state index in [2.05, 4.69) is 32.2 Å². The van der Waals surface area contributed by atoms with E-state index in [0.29, 0.717) is 0 Å². The smallest absolute Gasteiger partial charge is 0.00954 e. The van der Waals surface area contributed by atoms with Gasteiger partial charge in [0, 0.05) is 0 Å². The van der Waals surface area contributed by atoms with Crippen LogP contribution in [0.2, 0.25) is 0 Å². The molecule has 0 amide bonds. The van der Waals surface area contributed by atoms with Gasteiger partial charge in [0.05, 0.1) is 0 Å². The molecule has 0 radical (unpaired) electrons. The van der Waals surface area contributed by atoms with Crippen molar-refractivity contribution in [3.8, 4) is 0 Å². The molecule has 0 spiro atoms. The van der Waals surface area contributed by atoms with Crippen LogP contribution < -0.4 is 0 Å². The third-order valence-electron chi connectivity index (χ3n) is 1.24. The van der Waals surface area contributed by atoms with Gasteiger partial charge in [0.2, 0.25) is 0 Å². The van der Waals surface area contributed by atoms with Crippen LogP contribution in [0.15, 0.2) is 0 Å². The molecule has 8 heavy (non-hydrogen) atoms. The van der Waals surface area contributed by atoms with Crippen LogP contribution in [-0.2, 0) is 0 Å². The zero-order chi connectivity index (χ0) is 6.41. The maximum atomic E-state index is 4.13. The average Bonchev–Trinajstić information content (AvgIpc) is 1.68. The fraction of sp³-hybridized carbons (Fsp3) is 1.00. The summed E-state index contributed by atoms with van der Waals surface area (Å²) < 4.78 is 0. The molecule has 2 heteroatoms. The van der Waals surface area contributed by atoms with E-state index in [0.717, 1.165) is 17.4 Å². The monoisotopic (exact) mass is 150 g/mol. The van der Waals surface area contributed by atoms with E-state index in [-0.39, 0.29) is 0 Å². The Morgan fingerprint density at radius 2 is 1.50 bits per heavy atom. The fourth-order valence-electron chi connectivity index (χ4n) is 0.585. The highest BCUT2D eigenvalue weighted by molar-refractivity contribution is 7.80. The van der Waals surface area contributed by atoms with Gasteiger partial charge in [-0.2, -0.15) is 25.3 Å². The molecule has 0 nitrogen and oxygen atoms in total. The predicted octanol–water partition coefficient (Wildman–Crippen LogP) is 2.26. The quantitative estimate of drug-likeness (QED) is 0.564. The lowest BCUT2D eigenvalue weighted by Gasteiger charge is -2.04. The highest BCUT2D eigenvalue weighted by Crippen LogP contribution is 2.07. The van der Waals surface area contributed by atoms with Crippen LogP contribution in [0.3, 0.4) is 0 Å². The van der Waals surface area contributed by atoms with Crippen molar-refractivity contribution in [1.29, 1.82) is 0 Å².